The van der Waals surface area contributed by atoms with Gasteiger partial charge in [-0.15, -0.1) is 0 Å². The maximum atomic E-state index is 12.8. The summed E-state index contributed by atoms with van der Waals surface area (Å²) in [6.45, 7) is 5.72. The zero-order valence-electron chi connectivity index (χ0n) is 24.0. The van der Waals surface area contributed by atoms with Crippen LogP contribution in [0.5, 0.6) is 17.2 Å². The minimum Gasteiger partial charge on any atom is -0.497 e. The summed E-state index contributed by atoms with van der Waals surface area (Å²) >= 11 is 0. The van der Waals surface area contributed by atoms with Crippen molar-refractivity contribution in [2.45, 2.75) is 45.6 Å². The lowest BCUT2D eigenvalue weighted by Gasteiger charge is -2.22. The van der Waals surface area contributed by atoms with Crippen LogP contribution in [0.15, 0.2) is 77.9 Å². The van der Waals surface area contributed by atoms with E-state index in [2.05, 4.69) is 15.8 Å². The number of rotatable bonds is 13. The number of methoxy groups -OCH3 is 2. The molecular weight excluding hydrogens is 526 g/mol. The maximum absolute atomic E-state index is 12.8. The van der Waals surface area contributed by atoms with Gasteiger partial charge >= 0.3 is 6.09 Å². The van der Waals surface area contributed by atoms with Gasteiger partial charge in [0.05, 0.1) is 33.6 Å². The van der Waals surface area contributed by atoms with E-state index in [1.165, 1.54) is 6.21 Å². The second kappa shape index (κ2) is 15.3. The van der Waals surface area contributed by atoms with Crippen molar-refractivity contribution in [3.8, 4) is 17.2 Å². The van der Waals surface area contributed by atoms with Crippen LogP contribution in [-0.2, 0) is 27.5 Å². The van der Waals surface area contributed by atoms with E-state index in [9.17, 15) is 9.59 Å². The SMILES string of the molecule is COc1ccc(OC)c(COc2ccc(/C=N\NC(=O)[C@H](COCc3ccccc3)NC(=O)OC(C)(C)C)cc2)c1. The van der Waals surface area contributed by atoms with E-state index in [0.29, 0.717) is 23.9 Å². The van der Waals surface area contributed by atoms with Gasteiger partial charge in [-0.1, -0.05) is 30.3 Å². The first-order valence-corrected chi connectivity index (χ1v) is 13.0. The molecule has 0 saturated heterocycles. The van der Waals surface area contributed by atoms with Crippen LogP contribution in [0.3, 0.4) is 0 Å². The minimum atomic E-state index is -1.02. The Morgan fingerprint density at radius 3 is 2.27 bits per heavy atom. The zero-order valence-corrected chi connectivity index (χ0v) is 24.0. The van der Waals surface area contributed by atoms with Gasteiger partial charge in [-0.2, -0.15) is 5.10 Å². The van der Waals surface area contributed by atoms with E-state index in [1.54, 1.807) is 59.3 Å². The molecule has 10 heteroatoms. The first kappa shape index (κ1) is 31.0. The highest BCUT2D eigenvalue weighted by Crippen LogP contribution is 2.25. The highest BCUT2D eigenvalue weighted by molar-refractivity contribution is 5.87. The Bertz CT molecular complexity index is 1290. The van der Waals surface area contributed by atoms with Crippen LogP contribution >= 0.6 is 0 Å². The number of nitrogens with one attached hydrogen (secondary N) is 2. The van der Waals surface area contributed by atoms with Crippen LogP contribution < -0.4 is 25.0 Å². The summed E-state index contributed by atoms with van der Waals surface area (Å²) in [5.74, 6) is 1.51. The average Bonchev–Trinajstić information content (AvgIpc) is 2.95. The molecule has 0 aromatic heterocycles. The topological polar surface area (TPSA) is 117 Å². The number of ether oxygens (including phenoxy) is 5. The molecule has 218 valence electrons. The molecule has 0 spiro atoms. The van der Waals surface area contributed by atoms with Crippen LogP contribution in [0.1, 0.15) is 37.5 Å². The largest absolute Gasteiger partial charge is 0.497 e. The lowest BCUT2D eigenvalue weighted by molar-refractivity contribution is -0.124. The predicted molar refractivity (Wildman–Crippen MR) is 155 cm³/mol. The Labute approximate surface area is 240 Å². The van der Waals surface area contributed by atoms with Gasteiger partial charge in [-0.3, -0.25) is 4.79 Å². The summed E-state index contributed by atoms with van der Waals surface area (Å²) in [4.78, 5) is 25.1. The standard InChI is InChI=1S/C31H37N3O7/c1-31(2,3)41-30(36)33-27(21-39-19-23-9-7-6-8-10-23)29(35)34-32-18-22-11-13-25(14-12-22)40-20-24-17-26(37-4)15-16-28(24)38-5/h6-18,27H,19-21H2,1-5H3,(H,33,36)(H,34,35)/b32-18-/t27-/m0/s1. The Hall–Kier alpha value is -4.57. The third-order valence-electron chi connectivity index (χ3n) is 5.55. The van der Waals surface area contributed by atoms with Crippen molar-refractivity contribution in [1.82, 2.24) is 10.7 Å². The minimum absolute atomic E-state index is 0.0698. The molecule has 0 heterocycles. The fourth-order valence-electron chi connectivity index (χ4n) is 3.56. The Balaban J connectivity index is 1.55. The summed E-state index contributed by atoms with van der Waals surface area (Å²) < 4.78 is 27.5. The normalized spacial score (nSPS) is 11.9. The summed E-state index contributed by atoms with van der Waals surface area (Å²) in [5.41, 5.74) is 4.26. The second-order valence-corrected chi connectivity index (χ2v) is 9.97. The Morgan fingerprint density at radius 2 is 1.61 bits per heavy atom. The van der Waals surface area contributed by atoms with Gasteiger partial charge in [0.1, 0.15) is 35.5 Å². The number of amides is 2. The molecule has 0 bridgehead atoms. The number of carbonyl (C=O) groups excluding carboxylic acids is 2. The molecule has 2 amide bonds. The van der Waals surface area contributed by atoms with Crippen LogP contribution in [0.4, 0.5) is 4.79 Å². The van der Waals surface area contributed by atoms with Crippen molar-refractivity contribution < 1.29 is 33.3 Å². The van der Waals surface area contributed by atoms with E-state index < -0.39 is 23.6 Å². The molecule has 0 aliphatic carbocycles. The van der Waals surface area contributed by atoms with Crippen LogP contribution in [0.25, 0.3) is 0 Å². The molecule has 0 aliphatic heterocycles. The van der Waals surface area contributed by atoms with Gasteiger partial charge in [-0.05, 0) is 74.4 Å². The van der Waals surface area contributed by atoms with Crippen molar-refractivity contribution in [3.63, 3.8) is 0 Å². The molecule has 3 rings (SSSR count). The molecule has 3 aromatic carbocycles. The number of carbonyl (C=O) groups is 2. The second-order valence-electron chi connectivity index (χ2n) is 9.97. The van der Waals surface area contributed by atoms with Crippen LogP contribution in [-0.4, -0.2) is 50.7 Å². The van der Waals surface area contributed by atoms with Crippen molar-refractivity contribution in [3.05, 3.63) is 89.5 Å². The summed E-state index contributed by atoms with van der Waals surface area (Å²) in [6, 6.07) is 21.2. The summed E-state index contributed by atoms with van der Waals surface area (Å²) in [5, 5.41) is 6.59. The Morgan fingerprint density at radius 1 is 0.902 bits per heavy atom. The highest BCUT2D eigenvalue weighted by atomic mass is 16.6. The van der Waals surface area contributed by atoms with Gasteiger partial charge < -0.3 is 29.0 Å². The third kappa shape index (κ3) is 10.8. The van der Waals surface area contributed by atoms with E-state index in [1.807, 2.05) is 48.5 Å². The number of hydrazone groups is 1. The fourth-order valence-corrected chi connectivity index (χ4v) is 3.56. The zero-order chi connectivity index (χ0) is 29.7. The summed E-state index contributed by atoms with van der Waals surface area (Å²) in [6.07, 6.45) is 0.759. The lowest BCUT2D eigenvalue weighted by Crippen LogP contribution is -2.49. The average molecular weight is 564 g/mol. The molecule has 0 fully saturated rings. The maximum Gasteiger partial charge on any atom is 0.408 e. The molecular formula is C31H37N3O7. The van der Waals surface area contributed by atoms with Gasteiger partial charge in [0.25, 0.3) is 5.91 Å². The van der Waals surface area contributed by atoms with Crippen molar-refractivity contribution in [2.75, 3.05) is 20.8 Å². The van der Waals surface area contributed by atoms with Gasteiger partial charge in [0.2, 0.25) is 0 Å². The molecule has 10 nitrogen and oxygen atoms in total. The van der Waals surface area contributed by atoms with Crippen LogP contribution in [0.2, 0.25) is 0 Å². The first-order valence-electron chi connectivity index (χ1n) is 13.0. The van der Waals surface area contributed by atoms with Crippen molar-refractivity contribution in [1.29, 1.82) is 0 Å². The highest BCUT2D eigenvalue weighted by Gasteiger charge is 2.24. The number of nitrogens with zero attached hydrogens (tertiary/aromatic N) is 1. The van der Waals surface area contributed by atoms with Crippen LogP contribution in [0, 0.1) is 0 Å². The summed E-state index contributed by atoms with van der Waals surface area (Å²) in [7, 11) is 3.21. The molecule has 3 aromatic rings. The molecule has 2 N–H and O–H groups in total. The molecule has 0 saturated carbocycles. The smallest absolute Gasteiger partial charge is 0.408 e. The molecule has 1 atom stereocenters. The number of hydrogen-bond acceptors (Lipinski definition) is 8. The van der Waals surface area contributed by atoms with E-state index >= 15 is 0 Å². The predicted octanol–water partition coefficient (Wildman–Crippen LogP) is 4.84. The molecule has 0 radical (unpaired) electrons. The lowest BCUT2D eigenvalue weighted by atomic mass is 10.2. The fraction of sp³-hybridized carbons (Fsp3) is 0.323. The van der Waals surface area contributed by atoms with Crippen molar-refractivity contribution >= 4 is 18.2 Å². The van der Waals surface area contributed by atoms with E-state index in [-0.39, 0.29) is 13.2 Å². The number of alkyl carbamates (subject to hydrolysis) is 1. The first-order chi connectivity index (χ1) is 19.7. The van der Waals surface area contributed by atoms with E-state index in [0.717, 1.165) is 16.7 Å². The number of benzene rings is 3. The van der Waals surface area contributed by atoms with Crippen molar-refractivity contribution in [2.24, 2.45) is 5.10 Å². The molecule has 0 unspecified atom stereocenters. The number of hydrogen-bond donors (Lipinski definition) is 2. The quantitative estimate of drug-likeness (QED) is 0.226. The monoisotopic (exact) mass is 563 g/mol. The molecule has 41 heavy (non-hydrogen) atoms. The molecule has 0 aliphatic rings. The van der Waals surface area contributed by atoms with Gasteiger partial charge in [0, 0.05) is 5.56 Å². The van der Waals surface area contributed by atoms with Gasteiger partial charge in [0.15, 0.2) is 0 Å². The van der Waals surface area contributed by atoms with E-state index in [4.69, 9.17) is 23.7 Å². The Kier molecular flexibility index (Phi) is 11.5. The third-order valence-corrected chi connectivity index (χ3v) is 5.55. The van der Waals surface area contributed by atoms with Gasteiger partial charge in [-0.25, -0.2) is 10.2 Å².